The lowest BCUT2D eigenvalue weighted by Gasteiger charge is -2.29. The van der Waals surface area contributed by atoms with Gasteiger partial charge in [-0.2, -0.15) is 0 Å². The lowest BCUT2D eigenvalue weighted by Crippen LogP contribution is -2.28. The molecular formula is C19H26ClNO2. The quantitative estimate of drug-likeness (QED) is 0.787. The highest BCUT2D eigenvalue weighted by atomic mass is 35.5. The van der Waals surface area contributed by atoms with Crippen LogP contribution in [0.4, 0.5) is 0 Å². The molecule has 2 aromatic rings. The first-order valence-corrected chi connectivity index (χ1v) is 8.14. The lowest BCUT2D eigenvalue weighted by molar-refractivity contribution is 0.293. The zero-order valence-electron chi connectivity index (χ0n) is 14.0. The van der Waals surface area contributed by atoms with E-state index in [9.17, 15) is 0 Å². The van der Waals surface area contributed by atoms with E-state index < -0.39 is 0 Å². The molecule has 0 saturated heterocycles. The number of fused-ring (bicyclic) bond motifs is 1. The number of rotatable bonds is 6. The van der Waals surface area contributed by atoms with Crippen LogP contribution in [0.5, 0.6) is 5.75 Å². The number of benzene rings is 1. The van der Waals surface area contributed by atoms with Gasteiger partial charge in [0.05, 0.1) is 13.4 Å². The van der Waals surface area contributed by atoms with Crippen LogP contribution in [0.25, 0.3) is 0 Å². The number of hydrogen-bond acceptors (Lipinski definition) is 3. The number of hydrogen-bond donors (Lipinski definition) is 0. The minimum atomic E-state index is 0. The third-order valence-corrected chi connectivity index (χ3v) is 4.64. The summed E-state index contributed by atoms with van der Waals surface area (Å²) in [5, 5.41) is 0. The van der Waals surface area contributed by atoms with Crippen molar-refractivity contribution in [3.8, 4) is 5.75 Å². The summed E-state index contributed by atoms with van der Waals surface area (Å²) in [6, 6.07) is 10.6. The predicted octanol–water partition coefficient (Wildman–Crippen LogP) is 4.30. The van der Waals surface area contributed by atoms with Crippen molar-refractivity contribution in [1.82, 2.24) is 4.90 Å². The van der Waals surface area contributed by atoms with Gasteiger partial charge in [0.2, 0.25) is 0 Å². The van der Waals surface area contributed by atoms with Crippen LogP contribution >= 0.6 is 12.4 Å². The van der Waals surface area contributed by atoms with Crippen LogP contribution < -0.4 is 4.74 Å². The maximum atomic E-state index is 5.42. The van der Waals surface area contributed by atoms with E-state index >= 15 is 0 Å². The summed E-state index contributed by atoms with van der Waals surface area (Å²) < 4.78 is 10.8. The van der Waals surface area contributed by atoms with Crippen molar-refractivity contribution < 1.29 is 9.15 Å². The number of ether oxygens (including phenoxy) is 1. The van der Waals surface area contributed by atoms with E-state index in [0.29, 0.717) is 5.92 Å². The topological polar surface area (TPSA) is 25.6 Å². The van der Waals surface area contributed by atoms with Gasteiger partial charge in [0.15, 0.2) is 0 Å². The Bertz CT molecular complexity index is 597. The zero-order chi connectivity index (χ0) is 15.4. The molecule has 0 radical (unpaired) electrons. The summed E-state index contributed by atoms with van der Waals surface area (Å²) in [4.78, 5) is 2.42. The van der Waals surface area contributed by atoms with E-state index in [1.54, 1.807) is 13.4 Å². The number of likely N-dealkylation sites (N-methyl/N-ethyl adjacent to an activating group) is 1. The summed E-state index contributed by atoms with van der Waals surface area (Å²) in [7, 11) is 3.95. The molecule has 1 atom stereocenters. The summed E-state index contributed by atoms with van der Waals surface area (Å²) >= 11 is 0. The molecule has 1 aliphatic carbocycles. The Balaban J connectivity index is 0.00000192. The van der Waals surface area contributed by atoms with Crippen LogP contribution in [0.2, 0.25) is 0 Å². The van der Waals surface area contributed by atoms with E-state index in [4.69, 9.17) is 9.15 Å². The Hall–Kier alpha value is -1.45. The standard InChI is InChI=1S/C19H25NO2.ClH/c1-20(11-10-17-7-4-12-22-17)14-16-6-3-5-15-13-18(21-2)8-9-19(15)16;/h4,7-9,12-13,16H,3,5-6,10-11,14H2,1-2H3;1H. The van der Waals surface area contributed by atoms with E-state index in [-0.39, 0.29) is 12.4 Å². The van der Waals surface area contributed by atoms with Crippen molar-refractivity contribution in [2.24, 2.45) is 0 Å². The Morgan fingerprint density at radius 2 is 2.17 bits per heavy atom. The average molecular weight is 336 g/mol. The molecule has 0 N–H and O–H groups in total. The largest absolute Gasteiger partial charge is 0.497 e. The summed E-state index contributed by atoms with van der Waals surface area (Å²) in [6.45, 7) is 2.15. The number of furan rings is 1. The fourth-order valence-corrected chi connectivity index (χ4v) is 3.43. The van der Waals surface area contributed by atoms with Gasteiger partial charge in [-0.25, -0.2) is 0 Å². The normalized spacial score (nSPS) is 16.7. The zero-order valence-corrected chi connectivity index (χ0v) is 14.8. The van der Waals surface area contributed by atoms with Crippen molar-refractivity contribution >= 4 is 12.4 Å². The third-order valence-electron chi connectivity index (χ3n) is 4.64. The Labute approximate surface area is 145 Å². The number of aryl methyl sites for hydroxylation is 1. The van der Waals surface area contributed by atoms with Gasteiger partial charge in [-0.3, -0.25) is 0 Å². The Kier molecular flexibility index (Phi) is 6.55. The Morgan fingerprint density at radius 3 is 2.91 bits per heavy atom. The van der Waals surface area contributed by atoms with Crippen molar-refractivity contribution in [2.45, 2.75) is 31.6 Å². The van der Waals surface area contributed by atoms with Crippen molar-refractivity contribution in [3.05, 3.63) is 53.5 Å². The van der Waals surface area contributed by atoms with Gasteiger partial charge in [0, 0.05) is 19.5 Å². The summed E-state index contributed by atoms with van der Waals surface area (Å²) in [5.41, 5.74) is 2.98. The predicted molar refractivity (Wildman–Crippen MR) is 95.8 cm³/mol. The molecule has 0 fully saturated rings. The number of methoxy groups -OCH3 is 1. The molecule has 3 rings (SSSR count). The van der Waals surface area contributed by atoms with Crippen LogP contribution in [-0.2, 0) is 12.8 Å². The SMILES string of the molecule is COc1ccc2c(c1)CCCC2CN(C)CCc1ccco1.Cl. The minimum Gasteiger partial charge on any atom is -0.497 e. The van der Waals surface area contributed by atoms with Gasteiger partial charge >= 0.3 is 0 Å². The highest BCUT2D eigenvalue weighted by Crippen LogP contribution is 2.34. The molecule has 0 saturated carbocycles. The van der Waals surface area contributed by atoms with Gasteiger partial charge in [-0.05, 0) is 67.6 Å². The highest BCUT2D eigenvalue weighted by Gasteiger charge is 2.21. The van der Waals surface area contributed by atoms with E-state index in [1.807, 2.05) is 6.07 Å². The maximum absolute atomic E-state index is 5.42. The van der Waals surface area contributed by atoms with Gasteiger partial charge < -0.3 is 14.1 Å². The molecule has 4 heteroatoms. The number of halogens is 1. The van der Waals surface area contributed by atoms with E-state index in [0.717, 1.165) is 31.0 Å². The molecule has 0 spiro atoms. The molecule has 1 aromatic heterocycles. The highest BCUT2D eigenvalue weighted by molar-refractivity contribution is 5.85. The first-order valence-electron chi connectivity index (χ1n) is 8.14. The van der Waals surface area contributed by atoms with Crippen LogP contribution in [0.15, 0.2) is 41.0 Å². The van der Waals surface area contributed by atoms with Crippen LogP contribution in [0.3, 0.4) is 0 Å². The summed E-state index contributed by atoms with van der Waals surface area (Å²) in [6.07, 6.45) is 6.46. The van der Waals surface area contributed by atoms with Crippen molar-refractivity contribution in [1.29, 1.82) is 0 Å². The second-order valence-electron chi connectivity index (χ2n) is 6.25. The molecule has 23 heavy (non-hydrogen) atoms. The monoisotopic (exact) mass is 335 g/mol. The molecule has 1 heterocycles. The molecule has 1 unspecified atom stereocenters. The van der Waals surface area contributed by atoms with Gasteiger partial charge in [0.25, 0.3) is 0 Å². The van der Waals surface area contributed by atoms with Gasteiger partial charge in [-0.1, -0.05) is 6.07 Å². The van der Waals surface area contributed by atoms with Crippen molar-refractivity contribution in [2.75, 3.05) is 27.2 Å². The molecule has 0 aliphatic heterocycles. The minimum absolute atomic E-state index is 0. The van der Waals surface area contributed by atoms with Crippen LogP contribution in [-0.4, -0.2) is 32.1 Å². The van der Waals surface area contributed by atoms with Crippen LogP contribution in [0.1, 0.15) is 35.6 Å². The molecule has 1 aliphatic rings. The van der Waals surface area contributed by atoms with Gasteiger partial charge in [-0.15, -0.1) is 12.4 Å². The first-order chi connectivity index (χ1) is 10.8. The molecule has 126 valence electrons. The second kappa shape index (κ2) is 8.42. The first kappa shape index (κ1) is 17.9. The Morgan fingerprint density at radius 1 is 1.30 bits per heavy atom. The maximum Gasteiger partial charge on any atom is 0.119 e. The lowest BCUT2D eigenvalue weighted by atomic mass is 9.82. The van der Waals surface area contributed by atoms with E-state index in [2.05, 4.69) is 36.2 Å². The second-order valence-corrected chi connectivity index (χ2v) is 6.25. The molecule has 0 amide bonds. The molecule has 0 bridgehead atoms. The molecule has 3 nitrogen and oxygen atoms in total. The summed E-state index contributed by atoms with van der Waals surface area (Å²) in [5.74, 6) is 2.68. The third kappa shape index (κ3) is 4.52. The average Bonchev–Trinajstić information content (AvgIpc) is 3.06. The number of nitrogens with zero attached hydrogens (tertiary/aromatic N) is 1. The fraction of sp³-hybridized carbons (Fsp3) is 0.474. The molecular weight excluding hydrogens is 310 g/mol. The van der Waals surface area contributed by atoms with E-state index in [1.165, 1.54) is 30.4 Å². The fourth-order valence-electron chi connectivity index (χ4n) is 3.43. The molecule has 1 aromatic carbocycles. The smallest absolute Gasteiger partial charge is 0.119 e. The van der Waals surface area contributed by atoms with Gasteiger partial charge in [0.1, 0.15) is 11.5 Å². The van der Waals surface area contributed by atoms with Crippen LogP contribution in [0, 0.1) is 0 Å². The van der Waals surface area contributed by atoms with Crippen molar-refractivity contribution in [3.63, 3.8) is 0 Å².